The van der Waals surface area contributed by atoms with Crippen LogP contribution in [-0.4, -0.2) is 21.4 Å². The second kappa shape index (κ2) is 11.1. The highest BCUT2D eigenvalue weighted by atomic mass is 16.3. The van der Waals surface area contributed by atoms with E-state index in [0.29, 0.717) is 0 Å². The SMILES string of the molecule is CC.CC(C)(O)C(C)(C)O.Cc1ccc(-c2ccc(-c3ccc(C)cc3)cc2)cc1. The van der Waals surface area contributed by atoms with Gasteiger partial charge >= 0.3 is 0 Å². The van der Waals surface area contributed by atoms with Crippen LogP contribution in [0.3, 0.4) is 0 Å². The first-order valence-corrected chi connectivity index (χ1v) is 10.7. The average Bonchev–Trinajstić information content (AvgIpc) is 2.70. The highest BCUT2D eigenvalue weighted by Crippen LogP contribution is 2.25. The molecule has 0 aliphatic carbocycles. The number of hydrogen-bond acceptors (Lipinski definition) is 2. The Morgan fingerprint density at radius 2 is 0.600 bits per heavy atom. The maximum atomic E-state index is 9.10. The molecule has 3 rings (SSSR count). The maximum absolute atomic E-state index is 9.10. The molecule has 0 fully saturated rings. The fraction of sp³-hybridized carbons (Fsp3) is 0.357. The molecule has 162 valence electrons. The van der Waals surface area contributed by atoms with Crippen LogP contribution in [0.4, 0.5) is 0 Å². The van der Waals surface area contributed by atoms with Crippen molar-refractivity contribution in [3.05, 3.63) is 83.9 Å². The molecule has 0 amide bonds. The summed E-state index contributed by atoms with van der Waals surface area (Å²) in [5, 5.41) is 18.2. The van der Waals surface area contributed by atoms with E-state index in [-0.39, 0.29) is 0 Å². The van der Waals surface area contributed by atoms with Gasteiger partial charge in [0.15, 0.2) is 0 Å². The summed E-state index contributed by atoms with van der Waals surface area (Å²) in [7, 11) is 0. The van der Waals surface area contributed by atoms with E-state index in [1.165, 1.54) is 33.4 Å². The summed E-state index contributed by atoms with van der Waals surface area (Å²) < 4.78 is 0. The van der Waals surface area contributed by atoms with Gasteiger partial charge in [0.05, 0.1) is 11.2 Å². The van der Waals surface area contributed by atoms with Gasteiger partial charge in [-0.25, -0.2) is 0 Å². The molecule has 0 aromatic heterocycles. The van der Waals surface area contributed by atoms with Gasteiger partial charge in [-0.2, -0.15) is 0 Å². The first-order chi connectivity index (χ1) is 14.0. The van der Waals surface area contributed by atoms with Crippen LogP contribution in [0.5, 0.6) is 0 Å². The summed E-state index contributed by atoms with van der Waals surface area (Å²) in [6.45, 7) is 14.5. The van der Waals surface area contributed by atoms with Crippen LogP contribution in [-0.2, 0) is 0 Å². The molecule has 0 aliphatic rings. The number of benzene rings is 3. The van der Waals surface area contributed by atoms with Gasteiger partial charge in [0.25, 0.3) is 0 Å². The van der Waals surface area contributed by atoms with Crippen molar-refractivity contribution in [1.82, 2.24) is 0 Å². The summed E-state index contributed by atoms with van der Waals surface area (Å²) in [6.07, 6.45) is 0. The molecule has 0 unspecified atom stereocenters. The van der Waals surface area contributed by atoms with Crippen LogP contribution in [0.2, 0.25) is 0 Å². The fourth-order valence-corrected chi connectivity index (χ4v) is 2.35. The van der Waals surface area contributed by atoms with Gasteiger partial charge in [0.2, 0.25) is 0 Å². The first kappa shape index (κ1) is 25.6. The minimum absolute atomic E-state index is 1.01. The molecular weight excluding hydrogens is 368 g/mol. The highest BCUT2D eigenvalue weighted by molar-refractivity contribution is 5.70. The molecular formula is C28H38O2. The van der Waals surface area contributed by atoms with Crippen LogP contribution < -0.4 is 0 Å². The molecule has 0 bridgehead atoms. The van der Waals surface area contributed by atoms with Gasteiger partial charge in [-0.1, -0.05) is 97.8 Å². The van der Waals surface area contributed by atoms with Crippen molar-refractivity contribution in [2.45, 2.75) is 66.6 Å². The molecule has 0 radical (unpaired) electrons. The number of aryl methyl sites for hydroxylation is 2. The molecule has 2 N–H and O–H groups in total. The molecule has 0 spiro atoms. The third-order valence-electron chi connectivity index (χ3n) is 5.15. The molecule has 3 aromatic rings. The van der Waals surface area contributed by atoms with Gasteiger partial charge in [0, 0.05) is 0 Å². The van der Waals surface area contributed by atoms with E-state index < -0.39 is 11.2 Å². The Bertz CT molecular complexity index is 784. The zero-order valence-electron chi connectivity index (χ0n) is 19.8. The van der Waals surface area contributed by atoms with E-state index in [0.717, 1.165) is 0 Å². The van der Waals surface area contributed by atoms with Crippen molar-refractivity contribution in [1.29, 1.82) is 0 Å². The molecule has 3 aromatic carbocycles. The second-order valence-corrected chi connectivity index (χ2v) is 8.43. The van der Waals surface area contributed by atoms with Crippen molar-refractivity contribution in [3.8, 4) is 22.3 Å². The molecule has 0 aliphatic heterocycles. The summed E-state index contributed by atoms with van der Waals surface area (Å²) >= 11 is 0. The van der Waals surface area contributed by atoms with Crippen LogP contribution in [0.1, 0.15) is 52.7 Å². The Balaban J connectivity index is 0.000000383. The zero-order chi connectivity index (χ0) is 22.9. The average molecular weight is 407 g/mol. The molecule has 30 heavy (non-hydrogen) atoms. The Labute approximate surface area is 183 Å². The summed E-state index contributed by atoms with van der Waals surface area (Å²) in [4.78, 5) is 0. The largest absolute Gasteiger partial charge is 0.387 e. The van der Waals surface area contributed by atoms with Gasteiger partial charge in [-0.15, -0.1) is 0 Å². The Hall–Kier alpha value is -2.42. The van der Waals surface area contributed by atoms with Crippen LogP contribution in [0, 0.1) is 13.8 Å². The van der Waals surface area contributed by atoms with Crippen LogP contribution in [0.15, 0.2) is 72.8 Å². The zero-order valence-corrected chi connectivity index (χ0v) is 19.8. The summed E-state index contributed by atoms with van der Waals surface area (Å²) in [5.41, 5.74) is 5.65. The third-order valence-corrected chi connectivity index (χ3v) is 5.15. The van der Waals surface area contributed by atoms with Crippen molar-refractivity contribution < 1.29 is 10.2 Å². The van der Waals surface area contributed by atoms with Gasteiger partial charge in [-0.05, 0) is 63.8 Å². The quantitative estimate of drug-likeness (QED) is 0.483. The van der Waals surface area contributed by atoms with E-state index in [9.17, 15) is 0 Å². The first-order valence-electron chi connectivity index (χ1n) is 10.7. The minimum Gasteiger partial charge on any atom is -0.387 e. The lowest BCUT2D eigenvalue weighted by Gasteiger charge is -2.31. The minimum atomic E-state index is -1.01. The van der Waals surface area contributed by atoms with Crippen molar-refractivity contribution in [2.75, 3.05) is 0 Å². The standard InChI is InChI=1S/C20H18.C6H14O2.C2H6/c1-15-3-7-17(8-4-15)19-11-13-20(14-12-19)18-9-5-16(2)6-10-18;1-5(2,7)6(3,4)8;1-2/h3-14H,1-2H3;7-8H,1-4H3;1-2H3. The van der Waals surface area contributed by atoms with Crippen molar-refractivity contribution >= 4 is 0 Å². The van der Waals surface area contributed by atoms with E-state index in [4.69, 9.17) is 10.2 Å². The predicted octanol–water partition coefficient (Wildman–Crippen LogP) is 7.19. The van der Waals surface area contributed by atoms with Crippen molar-refractivity contribution in [2.24, 2.45) is 0 Å². The van der Waals surface area contributed by atoms with E-state index in [1.54, 1.807) is 27.7 Å². The monoisotopic (exact) mass is 406 g/mol. The lowest BCUT2D eigenvalue weighted by molar-refractivity contribution is -0.107. The van der Waals surface area contributed by atoms with Crippen LogP contribution in [0.25, 0.3) is 22.3 Å². The lowest BCUT2D eigenvalue weighted by Crippen LogP contribution is -2.44. The fourth-order valence-electron chi connectivity index (χ4n) is 2.35. The molecule has 2 nitrogen and oxygen atoms in total. The third kappa shape index (κ3) is 7.78. The summed E-state index contributed by atoms with van der Waals surface area (Å²) in [6, 6.07) is 26.1. The van der Waals surface area contributed by atoms with Gasteiger partial charge in [0.1, 0.15) is 0 Å². The maximum Gasteiger partial charge on any atom is 0.0872 e. The molecule has 0 atom stereocenters. The smallest absolute Gasteiger partial charge is 0.0872 e. The highest BCUT2D eigenvalue weighted by Gasteiger charge is 2.31. The van der Waals surface area contributed by atoms with E-state index >= 15 is 0 Å². The number of hydrogen-bond donors (Lipinski definition) is 2. The summed E-state index contributed by atoms with van der Waals surface area (Å²) in [5.74, 6) is 0. The Morgan fingerprint density at radius 1 is 0.433 bits per heavy atom. The van der Waals surface area contributed by atoms with Gasteiger partial charge < -0.3 is 10.2 Å². The topological polar surface area (TPSA) is 40.5 Å². The van der Waals surface area contributed by atoms with Crippen molar-refractivity contribution in [3.63, 3.8) is 0 Å². The van der Waals surface area contributed by atoms with E-state index in [1.807, 2.05) is 13.8 Å². The Morgan fingerprint density at radius 3 is 0.767 bits per heavy atom. The normalized spacial score (nSPS) is 11.0. The number of aliphatic hydroxyl groups is 2. The molecule has 0 heterocycles. The molecule has 0 saturated heterocycles. The van der Waals surface area contributed by atoms with E-state index in [2.05, 4.69) is 86.6 Å². The second-order valence-electron chi connectivity index (χ2n) is 8.43. The molecule has 2 heteroatoms. The predicted molar refractivity (Wildman–Crippen MR) is 131 cm³/mol. The Kier molecular flexibility index (Phi) is 9.48. The number of rotatable bonds is 3. The van der Waals surface area contributed by atoms with Crippen LogP contribution >= 0.6 is 0 Å². The lowest BCUT2D eigenvalue weighted by atomic mass is 9.90. The van der Waals surface area contributed by atoms with Gasteiger partial charge in [-0.3, -0.25) is 0 Å². The molecule has 0 saturated carbocycles.